The van der Waals surface area contributed by atoms with Crippen LogP contribution in [-0.2, 0) is 4.74 Å². The Kier molecular flexibility index (Phi) is 3.92. The van der Waals surface area contributed by atoms with Gasteiger partial charge in [0.2, 0.25) is 0 Å². The number of methoxy groups -OCH3 is 1. The molecular weight excluding hydrogens is 266 g/mol. The van der Waals surface area contributed by atoms with Crippen molar-refractivity contribution in [1.29, 1.82) is 0 Å². The lowest BCUT2D eigenvalue weighted by molar-refractivity contribution is 0.0590. The molecule has 1 atom stereocenters. The smallest absolute Gasteiger partial charge is 0.275 e. The summed E-state index contributed by atoms with van der Waals surface area (Å²) in [4.78, 5) is 14.8. The Morgan fingerprint density at radius 3 is 2.95 bits per heavy atom. The zero-order valence-electron chi connectivity index (χ0n) is 12.5. The van der Waals surface area contributed by atoms with Crippen molar-refractivity contribution in [1.82, 2.24) is 15.1 Å². The Morgan fingerprint density at radius 2 is 2.24 bits per heavy atom. The van der Waals surface area contributed by atoms with Crippen molar-refractivity contribution in [2.45, 2.75) is 25.8 Å². The Balaban J connectivity index is 1.88. The first-order valence-corrected chi connectivity index (χ1v) is 7.45. The van der Waals surface area contributed by atoms with Gasteiger partial charge in [0.15, 0.2) is 5.69 Å². The molecule has 0 saturated heterocycles. The molecule has 5 heteroatoms. The van der Waals surface area contributed by atoms with E-state index < -0.39 is 0 Å². The van der Waals surface area contributed by atoms with Crippen LogP contribution in [0.1, 0.15) is 30.3 Å². The van der Waals surface area contributed by atoms with Gasteiger partial charge in [-0.15, -0.1) is 0 Å². The predicted molar refractivity (Wildman–Crippen MR) is 81.2 cm³/mol. The van der Waals surface area contributed by atoms with Crippen LogP contribution in [0.2, 0.25) is 0 Å². The molecule has 0 radical (unpaired) electrons. The third-order valence-corrected chi connectivity index (χ3v) is 4.27. The van der Waals surface area contributed by atoms with Crippen LogP contribution in [0.25, 0.3) is 10.9 Å². The van der Waals surface area contributed by atoms with E-state index in [2.05, 4.69) is 17.1 Å². The Hall–Kier alpha value is -1.88. The number of benzene rings is 1. The number of rotatable bonds is 6. The maximum absolute atomic E-state index is 12.9. The SMILES string of the molecule is COCCN(C(=O)c1n[nH]c2ccccc12)C(C)C1CC1. The Bertz CT molecular complexity index is 633. The third kappa shape index (κ3) is 2.78. The van der Waals surface area contributed by atoms with Crippen LogP contribution in [0, 0.1) is 5.92 Å². The molecule has 0 spiro atoms. The maximum Gasteiger partial charge on any atom is 0.275 e. The van der Waals surface area contributed by atoms with Crippen LogP contribution in [0.3, 0.4) is 0 Å². The minimum absolute atomic E-state index is 0.0103. The number of ether oxygens (including phenoxy) is 1. The van der Waals surface area contributed by atoms with E-state index in [0.29, 0.717) is 24.8 Å². The van der Waals surface area contributed by atoms with Crippen LogP contribution in [0.15, 0.2) is 24.3 Å². The molecule has 1 aromatic heterocycles. The highest BCUT2D eigenvalue weighted by atomic mass is 16.5. The largest absolute Gasteiger partial charge is 0.383 e. The molecule has 1 saturated carbocycles. The molecular formula is C16H21N3O2. The van der Waals surface area contributed by atoms with Crippen molar-refractivity contribution in [2.24, 2.45) is 5.92 Å². The Morgan fingerprint density at radius 1 is 1.48 bits per heavy atom. The van der Waals surface area contributed by atoms with Crippen LogP contribution >= 0.6 is 0 Å². The second kappa shape index (κ2) is 5.85. The van der Waals surface area contributed by atoms with E-state index in [-0.39, 0.29) is 11.9 Å². The fourth-order valence-electron chi connectivity index (χ4n) is 2.78. The molecule has 0 aliphatic heterocycles. The van der Waals surface area contributed by atoms with Crippen molar-refractivity contribution < 1.29 is 9.53 Å². The van der Waals surface area contributed by atoms with Gasteiger partial charge in [-0.3, -0.25) is 9.89 Å². The summed E-state index contributed by atoms with van der Waals surface area (Å²) in [5.41, 5.74) is 1.40. The van der Waals surface area contributed by atoms with Crippen molar-refractivity contribution in [3.05, 3.63) is 30.0 Å². The molecule has 1 aliphatic rings. The van der Waals surface area contributed by atoms with Crippen molar-refractivity contribution in [2.75, 3.05) is 20.3 Å². The minimum atomic E-state index is -0.0103. The van der Waals surface area contributed by atoms with Crippen LogP contribution in [0.4, 0.5) is 0 Å². The molecule has 1 aliphatic carbocycles. The zero-order chi connectivity index (χ0) is 14.8. The summed E-state index contributed by atoms with van der Waals surface area (Å²) in [6.45, 7) is 3.28. The molecule has 1 unspecified atom stereocenters. The number of H-pyrrole nitrogens is 1. The molecule has 1 amide bonds. The summed E-state index contributed by atoms with van der Waals surface area (Å²) in [6, 6.07) is 7.97. The second-order valence-corrected chi connectivity index (χ2v) is 5.69. The van der Waals surface area contributed by atoms with E-state index in [4.69, 9.17) is 4.74 Å². The first-order valence-electron chi connectivity index (χ1n) is 7.45. The molecule has 1 heterocycles. The molecule has 0 bridgehead atoms. The number of aromatic nitrogens is 2. The van der Waals surface area contributed by atoms with Gasteiger partial charge < -0.3 is 9.64 Å². The zero-order valence-corrected chi connectivity index (χ0v) is 12.5. The molecule has 1 aromatic carbocycles. The number of amides is 1. The van der Waals surface area contributed by atoms with Gasteiger partial charge in [0.1, 0.15) is 0 Å². The second-order valence-electron chi connectivity index (χ2n) is 5.69. The number of hydrogen-bond acceptors (Lipinski definition) is 3. The summed E-state index contributed by atoms with van der Waals surface area (Å²) in [7, 11) is 1.66. The summed E-state index contributed by atoms with van der Waals surface area (Å²) >= 11 is 0. The van der Waals surface area contributed by atoms with Gasteiger partial charge in [0.25, 0.3) is 5.91 Å². The third-order valence-electron chi connectivity index (χ3n) is 4.27. The number of para-hydroxylation sites is 1. The van der Waals surface area contributed by atoms with Crippen LogP contribution < -0.4 is 0 Å². The van der Waals surface area contributed by atoms with Crippen molar-refractivity contribution in [3.63, 3.8) is 0 Å². The molecule has 3 rings (SSSR count). The van der Waals surface area contributed by atoms with Gasteiger partial charge >= 0.3 is 0 Å². The van der Waals surface area contributed by atoms with Gasteiger partial charge in [-0.2, -0.15) is 5.10 Å². The summed E-state index contributed by atoms with van der Waals surface area (Å²) in [5.74, 6) is 0.611. The van der Waals surface area contributed by atoms with Crippen molar-refractivity contribution in [3.8, 4) is 0 Å². The van der Waals surface area contributed by atoms with Gasteiger partial charge in [0, 0.05) is 25.1 Å². The number of fused-ring (bicyclic) bond motifs is 1. The number of nitrogens with one attached hydrogen (secondary N) is 1. The molecule has 2 aromatic rings. The lowest BCUT2D eigenvalue weighted by Gasteiger charge is -2.28. The average Bonchev–Trinajstić information content (AvgIpc) is 3.26. The van der Waals surface area contributed by atoms with Gasteiger partial charge in [-0.1, -0.05) is 18.2 Å². The van der Waals surface area contributed by atoms with Crippen LogP contribution in [-0.4, -0.2) is 47.3 Å². The topological polar surface area (TPSA) is 58.2 Å². The number of carbonyl (C=O) groups excluding carboxylic acids is 1. The summed E-state index contributed by atoms with van der Waals surface area (Å²) < 4.78 is 5.16. The van der Waals surface area contributed by atoms with Gasteiger partial charge in [-0.05, 0) is 31.7 Å². The first-order chi connectivity index (χ1) is 10.2. The van der Waals surface area contributed by atoms with E-state index in [1.165, 1.54) is 12.8 Å². The first kappa shape index (κ1) is 14.1. The highest BCUT2D eigenvalue weighted by molar-refractivity contribution is 6.04. The molecule has 21 heavy (non-hydrogen) atoms. The van der Waals surface area contributed by atoms with Crippen molar-refractivity contribution >= 4 is 16.8 Å². The number of nitrogens with zero attached hydrogens (tertiary/aromatic N) is 2. The number of aromatic amines is 1. The van der Waals surface area contributed by atoms with Crippen LogP contribution in [0.5, 0.6) is 0 Å². The van der Waals surface area contributed by atoms with Gasteiger partial charge in [0.05, 0.1) is 12.1 Å². The lowest BCUT2D eigenvalue weighted by atomic mass is 10.1. The fourth-order valence-corrected chi connectivity index (χ4v) is 2.78. The number of carbonyl (C=O) groups is 1. The monoisotopic (exact) mass is 287 g/mol. The lowest BCUT2D eigenvalue weighted by Crippen LogP contribution is -2.42. The van der Waals surface area contributed by atoms with E-state index >= 15 is 0 Å². The van der Waals surface area contributed by atoms with E-state index in [9.17, 15) is 4.79 Å². The fraction of sp³-hybridized carbons (Fsp3) is 0.500. The van der Waals surface area contributed by atoms with E-state index in [1.54, 1.807) is 7.11 Å². The van der Waals surface area contributed by atoms with Gasteiger partial charge in [-0.25, -0.2) is 0 Å². The molecule has 5 nitrogen and oxygen atoms in total. The summed E-state index contributed by atoms with van der Waals surface area (Å²) in [6.07, 6.45) is 2.42. The normalized spacial score (nSPS) is 16.1. The molecule has 112 valence electrons. The van der Waals surface area contributed by atoms with E-state index in [1.807, 2.05) is 29.2 Å². The Labute approximate surface area is 124 Å². The molecule has 1 fully saturated rings. The molecule has 1 N–H and O–H groups in total. The minimum Gasteiger partial charge on any atom is -0.383 e. The highest BCUT2D eigenvalue weighted by Crippen LogP contribution is 2.35. The summed E-state index contributed by atoms with van der Waals surface area (Å²) in [5, 5.41) is 8.05. The number of hydrogen-bond donors (Lipinski definition) is 1. The quantitative estimate of drug-likeness (QED) is 0.888. The predicted octanol–water partition coefficient (Wildman–Crippen LogP) is 2.45. The standard InChI is InChI=1S/C16H21N3O2/c1-11(12-7-8-12)19(9-10-21-2)16(20)15-13-5-3-4-6-14(13)17-18-15/h3-6,11-12H,7-10H2,1-2H3,(H,17,18). The maximum atomic E-state index is 12.9. The average molecular weight is 287 g/mol. The highest BCUT2D eigenvalue weighted by Gasteiger charge is 2.35. The van der Waals surface area contributed by atoms with E-state index in [0.717, 1.165) is 10.9 Å².